The molecule has 1 aromatic rings. The number of hydrogen-bond acceptors (Lipinski definition) is 3. The molecule has 1 fully saturated rings. The molecule has 1 aromatic carbocycles. The smallest absolute Gasteiger partial charge is 0.326 e. The molecule has 1 saturated carbocycles. The summed E-state index contributed by atoms with van der Waals surface area (Å²) < 4.78 is 5.05. The second-order valence-electron chi connectivity index (χ2n) is 4.43. The maximum Gasteiger partial charge on any atom is 0.326 e. The fraction of sp³-hybridized carbons (Fsp3) is 0.462. The topological polar surface area (TPSA) is 58.6 Å². The van der Waals surface area contributed by atoms with Gasteiger partial charge in [0.15, 0.2) is 0 Å². The fourth-order valence-corrected chi connectivity index (χ4v) is 1.91. The predicted molar refractivity (Wildman–Crippen MR) is 64.9 cm³/mol. The Morgan fingerprint density at radius 1 is 1.59 bits per heavy atom. The summed E-state index contributed by atoms with van der Waals surface area (Å²) in [5, 5.41) is 12.2. The summed E-state index contributed by atoms with van der Waals surface area (Å²) in [4.78, 5) is 11.1. The third-order valence-corrected chi connectivity index (χ3v) is 2.92. The molecular formula is C13H17NO3. The van der Waals surface area contributed by atoms with Gasteiger partial charge < -0.3 is 15.2 Å². The zero-order valence-electron chi connectivity index (χ0n) is 9.85. The van der Waals surface area contributed by atoms with E-state index in [-0.39, 0.29) is 5.92 Å². The Hall–Kier alpha value is -1.55. The molecule has 4 nitrogen and oxygen atoms in total. The lowest BCUT2D eigenvalue weighted by Gasteiger charge is -2.15. The van der Waals surface area contributed by atoms with E-state index in [4.69, 9.17) is 9.84 Å². The van der Waals surface area contributed by atoms with E-state index in [2.05, 4.69) is 5.32 Å². The minimum Gasteiger partial charge on any atom is -0.480 e. The molecule has 17 heavy (non-hydrogen) atoms. The summed E-state index contributed by atoms with van der Waals surface area (Å²) in [6, 6.07) is 7.22. The Labute approximate surface area is 101 Å². The Bertz CT molecular complexity index is 401. The Kier molecular flexibility index (Phi) is 3.64. The van der Waals surface area contributed by atoms with Gasteiger partial charge >= 0.3 is 5.97 Å². The van der Waals surface area contributed by atoms with Crippen LogP contribution in [0.1, 0.15) is 18.4 Å². The Morgan fingerprint density at radius 2 is 2.35 bits per heavy atom. The van der Waals surface area contributed by atoms with Crippen LogP contribution >= 0.6 is 0 Å². The van der Waals surface area contributed by atoms with Gasteiger partial charge in [-0.05, 0) is 36.5 Å². The van der Waals surface area contributed by atoms with Crippen LogP contribution in [0.15, 0.2) is 24.3 Å². The zero-order valence-corrected chi connectivity index (χ0v) is 9.85. The highest BCUT2D eigenvalue weighted by Gasteiger charge is 2.36. The van der Waals surface area contributed by atoms with Gasteiger partial charge in [0.25, 0.3) is 0 Å². The van der Waals surface area contributed by atoms with Crippen LogP contribution in [0.3, 0.4) is 0 Å². The quantitative estimate of drug-likeness (QED) is 0.792. The summed E-state index contributed by atoms with van der Waals surface area (Å²) in [7, 11) is 1.64. The highest BCUT2D eigenvalue weighted by atomic mass is 16.5. The second kappa shape index (κ2) is 5.19. The van der Waals surface area contributed by atoms with Crippen LogP contribution in [0.5, 0.6) is 0 Å². The van der Waals surface area contributed by atoms with Crippen molar-refractivity contribution >= 4 is 11.7 Å². The Balaban J connectivity index is 2.05. The van der Waals surface area contributed by atoms with Gasteiger partial charge in [-0.1, -0.05) is 12.1 Å². The van der Waals surface area contributed by atoms with Gasteiger partial charge in [0.2, 0.25) is 0 Å². The van der Waals surface area contributed by atoms with Crippen LogP contribution in [0.4, 0.5) is 5.69 Å². The molecular weight excluding hydrogens is 218 g/mol. The molecule has 92 valence electrons. The van der Waals surface area contributed by atoms with Crippen LogP contribution in [0.2, 0.25) is 0 Å². The number of hydrogen-bond donors (Lipinski definition) is 2. The number of ether oxygens (including phenoxy) is 1. The standard InChI is InChI=1S/C13H17NO3/c1-17-8-9-3-2-4-11(7-9)14-12(13(15)16)10-5-6-10/h2-4,7,10,12,14H,5-6,8H2,1H3,(H,15,16). The first-order valence-corrected chi connectivity index (χ1v) is 5.78. The van der Waals surface area contributed by atoms with Crippen LogP contribution in [-0.4, -0.2) is 24.2 Å². The van der Waals surface area contributed by atoms with E-state index in [1.165, 1.54) is 0 Å². The van der Waals surface area contributed by atoms with E-state index in [0.717, 1.165) is 24.1 Å². The van der Waals surface area contributed by atoms with Crippen molar-refractivity contribution in [2.45, 2.75) is 25.5 Å². The number of methoxy groups -OCH3 is 1. The molecule has 1 aliphatic rings. The molecule has 4 heteroatoms. The molecule has 2 rings (SSSR count). The van der Waals surface area contributed by atoms with Gasteiger partial charge in [0, 0.05) is 12.8 Å². The van der Waals surface area contributed by atoms with E-state index in [9.17, 15) is 4.79 Å². The third-order valence-electron chi connectivity index (χ3n) is 2.92. The lowest BCUT2D eigenvalue weighted by Crippen LogP contribution is -2.31. The van der Waals surface area contributed by atoms with Crippen LogP contribution < -0.4 is 5.32 Å². The van der Waals surface area contributed by atoms with E-state index in [1.807, 2.05) is 24.3 Å². The summed E-state index contributed by atoms with van der Waals surface area (Å²) in [6.07, 6.45) is 2.00. The molecule has 0 heterocycles. The number of carboxylic acids is 1. The minimum absolute atomic E-state index is 0.276. The lowest BCUT2D eigenvalue weighted by molar-refractivity contribution is -0.138. The largest absolute Gasteiger partial charge is 0.480 e. The minimum atomic E-state index is -0.773. The van der Waals surface area contributed by atoms with E-state index in [0.29, 0.717) is 6.61 Å². The predicted octanol–water partition coefficient (Wildman–Crippen LogP) is 2.11. The van der Waals surface area contributed by atoms with Gasteiger partial charge in [0.05, 0.1) is 6.61 Å². The van der Waals surface area contributed by atoms with E-state index >= 15 is 0 Å². The zero-order chi connectivity index (χ0) is 12.3. The van der Waals surface area contributed by atoms with Gasteiger partial charge in [-0.2, -0.15) is 0 Å². The van der Waals surface area contributed by atoms with Crippen molar-refractivity contribution in [1.82, 2.24) is 0 Å². The maximum atomic E-state index is 11.1. The molecule has 1 atom stereocenters. The number of rotatable bonds is 6. The summed E-state index contributed by atoms with van der Waals surface area (Å²) >= 11 is 0. The van der Waals surface area contributed by atoms with Crippen molar-refractivity contribution in [2.24, 2.45) is 5.92 Å². The van der Waals surface area contributed by atoms with Gasteiger partial charge in [-0.3, -0.25) is 0 Å². The average Bonchev–Trinajstić information content (AvgIpc) is 3.10. The lowest BCUT2D eigenvalue weighted by atomic mass is 10.1. The van der Waals surface area contributed by atoms with Crippen molar-refractivity contribution in [3.05, 3.63) is 29.8 Å². The van der Waals surface area contributed by atoms with Crippen molar-refractivity contribution < 1.29 is 14.6 Å². The van der Waals surface area contributed by atoms with Crippen molar-refractivity contribution in [2.75, 3.05) is 12.4 Å². The number of carbonyl (C=O) groups is 1. The molecule has 0 bridgehead atoms. The molecule has 2 N–H and O–H groups in total. The molecule has 0 spiro atoms. The molecule has 0 aromatic heterocycles. The SMILES string of the molecule is COCc1cccc(NC(C(=O)O)C2CC2)c1. The fourth-order valence-electron chi connectivity index (χ4n) is 1.91. The number of benzene rings is 1. The first kappa shape index (κ1) is 11.9. The van der Waals surface area contributed by atoms with Crippen molar-refractivity contribution in [3.63, 3.8) is 0 Å². The molecule has 0 radical (unpaired) electrons. The maximum absolute atomic E-state index is 11.1. The normalized spacial score (nSPS) is 16.5. The third kappa shape index (κ3) is 3.20. The highest BCUT2D eigenvalue weighted by molar-refractivity contribution is 5.78. The summed E-state index contributed by atoms with van der Waals surface area (Å²) in [5.41, 5.74) is 1.89. The van der Waals surface area contributed by atoms with Crippen LogP contribution in [0.25, 0.3) is 0 Å². The summed E-state index contributed by atoms with van der Waals surface area (Å²) in [5.74, 6) is -0.497. The molecule has 1 unspecified atom stereocenters. The number of nitrogens with one attached hydrogen (secondary N) is 1. The molecule has 0 saturated heterocycles. The monoisotopic (exact) mass is 235 g/mol. The van der Waals surface area contributed by atoms with E-state index < -0.39 is 12.0 Å². The van der Waals surface area contributed by atoms with Crippen LogP contribution in [-0.2, 0) is 16.1 Å². The Morgan fingerprint density at radius 3 is 2.94 bits per heavy atom. The first-order chi connectivity index (χ1) is 8.20. The second-order valence-corrected chi connectivity index (χ2v) is 4.43. The number of anilines is 1. The summed E-state index contributed by atoms with van der Waals surface area (Å²) in [6.45, 7) is 0.538. The average molecular weight is 235 g/mol. The first-order valence-electron chi connectivity index (χ1n) is 5.78. The molecule has 0 aliphatic heterocycles. The van der Waals surface area contributed by atoms with Crippen LogP contribution in [0, 0.1) is 5.92 Å². The molecule has 1 aliphatic carbocycles. The molecule has 0 amide bonds. The highest BCUT2D eigenvalue weighted by Crippen LogP contribution is 2.34. The number of carboxylic acid groups (broad SMARTS) is 1. The van der Waals surface area contributed by atoms with Gasteiger partial charge in [0.1, 0.15) is 6.04 Å². The van der Waals surface area contributed by atoms with Crippen molar-refractivity contribution in [3.8, 4) is 0 Å². The van der Waals surface area contributed by atoms with Crippen molar-refractivity contribution in [1.29, 1.82) is 0 Å². The van der Waals surface area contributed by atoms with E-state index in [1.54, 1.807) is 7.11 Å². The number of aliphatic carboxylic acids is 1. The van der Waals surface area contributed by atoms with Gasteiger partial charge in [-0.15, -0.1) is 0 Å². The van der Waals surface area contributed by atoms with Gasteiger partial charge in [-0.25, -0.2) is 4.79 Å².